The second kappa shape index (κ2) is 5.22. The fourth-order valence-electron chi connectivity index (χ4n) is 1.66. The van der Waals surface area contributed by atoms with E-state index in [9.17, 15) is 13.2 Å². The molecule has 0 aliphatic heterocycles. The Hall–Kier alpha value is -1.53. The van der Waals surface area contributed by atoms with Crippen molar-refractivity contribution in [3.05, 3.63) is 35.0 Å². The SMILES string of the molecule is COCc1cc(Cl)c2cccc(OC(F)(F)F)c2n1. The normalized spacial score (nSPS) is 11.8. The molecule has 0 saturated heterocycles. The van der Waals surface area contributed by atoms with Gasteiger partial charge in [-0.3, -0.25) is 0 Å². The summed E-state index contributed by atoms with van der Waals surface area (Å²) in [6, 6.07) is 5.73. The van der Waals surface area contributed by atoms with Gasteiger partial charge in [-0.2, -0.15) is 0 Å². The summed E-state index contributed by atoms with van der Waals surface area (Å²) in [5.74, 6) is -0.384. The van der Waals surface area contributed by atoms with Crippen molar-refractivity contribution < 1.29 is 22.6 Å². The average molecular weight is 292 g/mol. The molecule has 19 heavy (non-hydrogen) atoms. The zero-order chi connectivity index (χ0) is 14.0. The van der Waals surface area contributed by atoms with Crippen molar-refractivity contribution in [2.45, 2.75) is 13.0 Å². The summed E-state index contributed by atoms with van der Waals surface area (Å²) in [7, 11) is 1.46. The van der Waals surface area contributed by atoms with E-state index in [2.05, 4.69) is 9.72 Å². The van der Waals surface area contributed by atoms with Crippen LogP contribution in [0.1, 0.15) is 5.69 Å². The number of fused-ring (bicyclic) bond motifs is 1. The largest absolute Gasteiger partial charge is 0.573 e. The first-order chi connectivity index (χ1) is 8.90. The smallest absolute Gasteiger partial charge is 0.403 e. The number of ether oxygens (including phenoxy) is 2. The van der Waals surface area contributed by atoms with Crippen LogP contribution in [0.25, 0.3) is 10.9 Å². The van der Waals surface area contributed by atoms with Gasteiger partial charge >= 0.3 is 6.36 Å². The molecule has 1 aromatic heterocycles. The Morgan fingerprint density at radius 1 is 1.32 bits per heavy atom. The molecule has 0 unspecified atom stereocenters. The van der Waals surface area contributed by atoms with Crippen LogP contribution >= 0.6 is 11.6 Å². The Bertz CT molecular complexity index is 601. The van der Waals surface area contributed by atoms with E-state index in [0.717, 1.165) is 0 Å². The maximum Gasteiger partial charge on any atom is 0.573 e. The molecule has 0 fully saturated rings. The maximum atomic E-state index is 12.3. The number of aromatic nitrogens is 1. The highest BCUT2D eigenvalue weighted by Crippen LogP contribution is 2.33. The number of benzene rings is 1. The summed E-state index contributed by atoms with van der Waals surface area (Å²) in [6.07, 6.45) is -4.78. The average Bonchev–Trinajstić information content (AvgIpc) is 2.29. The second-order valence-electron chi connectivity index (χ2n) is 3.73. The molecule has 2 rings (SSSR count). The number of hydrogen-bond acceptors (Lipinski definition) is 3. The van der Waals surface area contributed by atoms with Crippen LogP contribution in [0.15, 0.2) is 24.3 Å². The van der Waals surface area contributed by atoms with Gasteiger partial charge < -0.3 is 9.47 Å². The van der Waals surface area contributed by atoms with E-state index in [4.69, 9.17) is 16.3 Å². The minimum atomic E-state index is -4.78. The van der Waals surface area contributed by atoms with Crippen LogP contribution in [0, 0.1) is 0 Å². The predicted molar refractivity (Wildman–Crippen MR) is 64.1 cm³/mol. The highest BCUT2D eigenvalue weighted by molar-refractivity contribution is 6.35. The van der Waals surface area contributed by atoms with Gasteiger partial charge in [0.2, 0.25) is 0 Å². The molecule has 0 aliphatic rings. The minimum absolute atomic E-state index is 0.0550. The third-order valence-corrected chi connectivity index (χ3v) is 2.64. The number of pyridine rings is 1. The van der Waals surface area contributed by atoms with Crippen molar-refractivity contribution in [1.29, 1.82) is 0 Å². The molecular formula is C12H9ClF3NO2. The first-order valence-corrected chi connectivity index (χ1v) is 5.61. The highest BCUT2D eigenvalue weighted by atomic mass is 35.5. The number of methoxy groups -OCH3 is 1. The summed E-state index contributed by atoms with van der Waals surface area (Å²) in [5.41, 5.74) is 0.484. The van der Waals surface area contributed by atoms with Crippen LogP contribution < -0.4 is 4.74 Å². The maximum absolute atomic E-state index is 12.3. The van der Waals surface area contributed by atoms with Crippen LogP contribution in [0.3, 0.4) is 0 Å². The van der Waals surface area contributed by atoms with Crippen molar-refractivity contribution in [3.63, 3.8) is 0 Å². The molecule has 0 aliphatic carbocycles. The van der Waals surface area contributed by atoms with Gasteiger partial charge in [-0.25, -0.2) is 4.98 Å². The predicted octanol–water partition coefficient (Wildman–Crippen LogP) is 3.93. The zero-order valence-electron chi connectivity index (χ0n) is 9.79. The summed E-state index contributed by atoms with van der Waals surface area (Å²) in [5, 5.41) is 0.688. The monoisotopic (exact) mass is 291 g/mol. The van der Waals surface area contributed by atoms with Crippen LogP contribution in [0.5, 0.6) is 5.75 Å². The van der Waals surface area contributed by atoms with Gasteiger partial charge in [0.1, 0.15) is 5.52 Å². The minimum Gasteiger partial charge on any atom is -0.403 e. The lowest BCUT2D eigenvalue weighted by Crippen LogP contribution is -2.17. The summed E-state index contributed by atoms with van der Waals surface area (Å²) >= 11 is 6.01. The molecule has 0 bridgehead atoms. The van der Waals surface area contributed by atoms with E-state index in [1.807, 2.05) is 0 Å². The van der Waals surface area contributed by atoms with E-state index < -0.39 is 6.36 Å². The zero-order valence-corrected chi connectivity index (χ0v) is 10.5. The first kappa shape index (κ1) is 13.9. The fraction of sp³-hybridized carbons (Fsp3) is 0.250. The Labute approximate surface area is 111 Å². The van der Waals surface area contributed by atoms with Gasteiger partial charge in [-0.05, 0) is 12.1 Å². The molecule has 3 nitrogen and oxygen atoms in total. The van der Waals surface area contributed by atoms with Gasteiger partial charge in [-0.15, -0.1) is 13.2 Å². The summed E-state index contributed by atoms with van der Waals surface area (Å²) in [6.45, 7) is 0.149. The lowest BCUT2D eigenvalue weighted by Gasteiger charge is -2.12. The molecule has 0 N–H and O–H groups in total. The van der Waals surface area contributed by atoms with E-state index in [0.29, 0.717) is 16.1 Å². The van der Waals surface area contributed by atoms with Gasteiger partial charge in [0, 0.05) is 12.5 Å². The molecule has 0 radical (unpaired) electrons. The van der Waals surface area contributed by atoms with Crippen LogP contribution in [-0.4, -0.2) is 18.5 Å². The molecular weight excluding hydrogens is 283 g/mol. The second-order valence-corrected chi connectivity index (χ2v) is 4.14. The Morgan fingerprint density at radius 3 is 2.68 bits per heavy atom. The Morgan fingerprint density at radius 2 is 2.05 bits per heavy atom. The van der Waals surface area contributed by atoms with E-state index in [1.165, 1.54) is 19.2 Å². The lowest BCUT2D eigenvalue weighted by molar-refractivity contribution is -0.274. The van der Waals surface area contributed by atoms with Gasteiger partial charge in [0.15, 0.2) is 5.75 Å². The molecule has 2 aromatic rings. The van der Waals surface area contributed by atoms with E-state index in [-0.39, 0.29) is 17.9 Å². The van der Waals surface area contributed by atoms with Crippen molar-refractivity contribution in [2.75, 3.05) is 7.11 Å². The Balaban J connectivity index is 2.58. The quantitative estimate of drug-likeness (QED) is 0.858. The molecule has 0 saturated carbocycles. The Kier molecular flexibility index (Phi) is 3.82. The third kappa shape index (κ3) is 3.27. The van der Waals surface area contributed by atoms with Gasteiger partial charge in [0.05, 0.1) is 17.3 Å². The lowest BCUT2D eigenvalue weighted by atomic mass is 10.2. The van der Waals surface area contributed by atoms with Gasteiger partial charge in [0.25, 0.3) is 0 Å². The molecule has 102 valence electrons. The topological polar surface area (TPSA) is 31.4 Å². The highest BCUT2D eigenvalue weighted by Gasteiger charge is 2.32. The third-order valence-electron chi connectivity index (χ3n) is 2.32. The number of nitrogens with zero attached hydrogens (tertiary/aromatic N) is 1. The number of hydrogen-bond donors (Lipinski definition) is 0. The van der Waals surface area contributed by atoms with Crippen molar-refractivity contribution in [3.8, 4) is 5.75 Å². The molecule has 1 heterocycles. The number of rotatable bonds is 3. The molecule has 0 atom stereocenters. The summed E-state index contributed by atoms with van der Waals surface area (Å²) in [4.78, 5) is 4.08. The summed E-state index contributed by atoms with van der Waals surface area (Å²) < 4.78 is 45.8. The fourth-order valence-corrected chi connectivity index (χ4v) is 1.94. The van der Waals surface area contributed by atoms with Crippen molar-refractivity contribution in [1.82, 2.24) is 4.98 Å². The molecule has 0 amide bonds. The van der Waals surface area contributed by atoms with E-state index in [1.54, 1.807) is 12.1 Å². The van der Waals surface area contributed by atoms with Crippen LogP contribution in [0.4, 0.5) is 13.2 Å². The molecule has 0 spiro atoms. The van der Waals surface area contributed by atoms with E-state index >= 15 is 0 Å². The first-order valence-electron chi connectivity index (χ1n) is 5.23. The van der Waals surface area contributed by atoms with Crippen LogP contribution in [-0.2, 0) is 11.3 Å². The van der Waals surface area contributed by atoms with Crippen LogP contribution in [0.2, 0.25) is 5.02 Å². The van der Waals surface area contributed by atoms with Crippen molar-refractivity contribution in [2.24, 2.45) is 0 Å². The number of para-hydroxylation sites is 1. The molecule has 1 aromatic carbocycles. The number of alkyl halides is 3. The van der Waals surface area contributed by atoms with Crippen molar-refractivity contribution >= 4 is 22.5 Å². The standard InChI is InChI=1S/C12H9ClF3NO2/c1-18-6-7-5-9(13)8-3-2-4-10(11(8)17-7)19-12(14,15)16/h2-5H,6H2,1H3. The van der Waals surface area contributed by atoms with Gasteiger partial charge in [-0.1, -0.05) is 23.7 Å². The molecule has 7 heteroatoms. The number of halogens is 4.